The number of ether oxygens (including phenoxy) is 3. The maximum absolute atomic E-state index is 13.5. The van der Waals surface area contributed by atoms with Crippen LogP contribution in [0.25, 0.3) is 0 Å². The van der Waals surface area contributed by atoms with Gasteiger partial charge in [0.15, 0.2) is 5.79 Å². The van der Waals surface area contributed by atoms with E-state index in [9.17, 15) is 14.7 Å². The number of hydrogen-bond donors (Lipinski definition) is 1. The van der Waals surface area contributed by atoms with Crippen LogP contribution in [0.3, 0.4) is 0 Å². The topological polar surface area (TPSA) is 82.1 Å². The number of carbonyl (C=O) groups is 2. The molecule has 6 rings (SSSR count). The number of benzene rings is 1. The van der Waals surface area contributed by atoms with Crippen molar-refractivity contribution in [3.63, 3.8) is 0 Å². The lowest BCUT2D eigenvalue weighted by atomic mass is 9.43. The highest BCUT2D eigenvalue weighted by atomic mass is 16.7. The second kappa shape index (κ2) is 13.4. The van der Waals surface area contributed by atoms with E-state index in [0.717, 1.165) is 44.9 Å². The Morgan fingerprint density at radius 1 is 0.932 bits per heavy atom. The van der Waals surface area contributed by atoms with E-state index in [-0.39, 0.29) is 28.8 Å². The molecule has 44 heavy (non-hydrogen) atoms. The Balaban J connectivity index is 0.00000188. The van der Waals surface area contributed by atoms with Crippen LogP contribution in [0.2, 0.25) is 0 Å². The summed E-state index contributed by atoms with van der Waals surface area (Å²) in [6, 6.07) is 9.50. The average molecular weight is 611 g/mol. The lowest BCUT2D eigenvalue weighted by Crippen LogP contribution is -2.60. The third-order valence-electron chi connectivity index (χ3n) is 13.2. The molecule has 1 N–H and O–H groups in total. The van der Waals surface area contributed by atoms with Gasteiger partial charge >= 0.3 is 11.9 Å². The van der Waals surface area contributed by atoms with Gasteiger partial charge in [0, 0.05) is 18.8 Å². The van der Waals surface area contributed by atoms with Crippen molar-refractivity contribution < 1.29 is 28.9 Å². The summed E-state index contributed by atoms with van der Waals surface area (Å²) in [4.78, 5) is 24.9. The van der Waals surface area contributed by atoms with Crippen molar-refractivity contribution in [1.82, 2.24) is 0 Å². The summed E-state index contributed by atoms with van der Waals surface area (Å²) in [5, 5.41) is 9.34. The molecule has 1 aliphatic heterocycles. The van der Waals surface area contributed by atoms with Crippen LogP contribution < -0.4 is 0 Å². The Kier molecular flexibility index (Phi) is 10.2. The SMILES string of the molecule is CC.CC(CCC[C@@H](C)C1CCC2C3C(CCC21C)C1(C)CCC2(C[C@@H]1C[C@H]3OC(=O)c1ccccc1)OCCO2)C(=O)O. The molecule has 0 radical (unpaired) electrons. The minimum atomic E-state index is -0.686. The van der Waals surface area contributed by atoms with Crippen LogP contribution in [-0.4, -0.2) is 42.1 Å². The molecule has 7 unspecified atom stereocenters. The van der Waals surface area contributed by atoms with Gasteiger partial charge in [-0.1, -0.05) is 72.6 Å². The fraction of sp³-hybridized carbons (Fsp3) is 0.789. The highest BCUT2D eigenvalue weighted by molar-refractivity contribution is 5.89. The van der Waals surface area contributed by atoms with Crippen molar-refractivity contribution in [2.75, 3.05) is 13.2 Å². The van der Waals surface area contributed by atoms with E-state index in [0.29, 0.717) is 54.3 Å². The van der Waals surface area contributed by atoms with Crippen LogP contribution in [-0.2, 0) is 19.0 Å². The van der Waals surface area contributed by atoms with Crippen LogP contribution in [0.5, 0.6) is 0 Å². The molecule has 6 heteroatoms. The highest BCUT2D eigenvalue weighted by Gasteiger charge is 2.65. The molecular weight excluding hydrogens is 552 g/mol. The number of aliphatic carboxylic acids is 1. The molecule has 246 valence electrons. The number of fused-ring (bicyclic) bond motifs is 5. The van der Waals surface area contributed by atoms with E-state index in [1.165, 1.54) is 25.7 Å². The van der Waals surface area contributed by atoms with Gasteiger partial charge in [-0.2, -0.15) is 0 Å². The quantitative estimate of drug-likeness (QED) is 0.296. The van der Waals surface area contributed by atoms with Crippen LogP contribution >= 0.6 is 0 Å². The molecule has 1 aromatic carbocycles. The summed E-state index contributed by atoms with van der Waals surface area (Å²) in [7, 11) is 0. The van der Waals surface area contributed by atoms with E-state index in [4.69, 9.17) is 14.2 Å². The van der Waals surface area contributed by atoms with E-state index in [1.807, 2.05) is 51.1 Å². The third-order valence-corrected chi connectivity index (χ3v) is 13.2. The molecule has 0 bridgehead atoms. The number of carbonyl (C=O) groups excluding carboxylic acids is 1. The van der Waals surface area contributed by atoms with Crippen molar-refractivity contribution in [2.24, 2.45) is 52.3 Å². The molecule has 1 heterocycles. The van der Waals surface area contributed by atoms with Crippen molar-refractivity contribution >= 4 is 11.9 Å². The first-order valence-electron chi connectivity index (χ1n) is 17.8. The van der Waals surface area contributed by atoms with Gasteiger partial charge in [-0.15, -0.1) is 0 Å². The summed E-state index contributed by atoms with van der Waals surface area (Å²) in [5.74, 6) is 1.48. The fourth-order valence-electron chi connectivity index (χ4n) is 10.8. The molecule has 1 spiro atoms. The van der Waals surface area contributed by atoms with E-state index in [2.05, 4.69) is 20.8 Å². The Bertz CT molecular complexity index is 1130. The summed E-state index contributed by atoms with van der Waals surface area (Å²) < 4.78 is 19.0. The van der Waals surface area contributed by atoms with Crippen molar-refractivity contribution in [3.05, 3.63) is 35.9 Å². The fourth-order valence-corrected chi connectivity index (χ4v) is 10.8. The van der Waals surface area contributed by atoms with Gasteiger partial charge in [-0.25, -0.2) is 4.79 Å². The smallest absolute Gasteiger partial charge is 0.338 e. The second-order valence-electron chi connectivity index (χ2n) is 15.2. The minimum Gasteiger partial charge on any atom is -0.481 e. The van der Waals surface area contributed by atoms with Crippen LogP contribution in [0, 0.1) is 52.3 Å². The molecule has 10 atom stereocenters. The molecule has 1 saturated heterocycles. The summed E-state index contributed by atoms with van der Waals surface area (Å²) in [6.45, 7) is 14.7. The van der Waals surface area contributed by atoms with Crippen molar-refractivity contribution in [2.45, 2.75) is 124 Å². The van der Waals surface area contributed by atoms with Crippen LogP contribution in [0.15, 0.2) is 30.3 Å². The summed E-state index contributed by atoms with van der Waals surface area (Å²) in [6.07, 6.45) is 11.5. The Morgan fingerprint density at radius 3 is 2.30 bits per heavy atom. The van der Waals surface area contributed by atoms with E-state index < -0.39 is 11.8 Å². The number of rotatable bonds is 8. The number of esters is 1. The van der Waals surface area contributed by atoms with E-state index in [1.54, 1.807) is 0 Å². The van der Waals surface area contributed by atoms with Gasteiger partial charge in [0.1, 0.15) is 6.10 Å². The zero-order valence-corrected chi connectivity index (χ0v) is 28.2. The molecule has 0 aromatic heterocycles. The molecule has 5 aliphatic rings. The summed E-state index contributed by atoms with van der Waals surface area (Å²) >= 11 is 0. The predicted octanol–water partition coefficient (Wildman–Crippen LogP) is 8.78. The molecular formula is C38H58O6. The third kappa shape index (κ3) is 6.11. The second-order valence-corrected chi connectivity index (χ2v) is 15.2. The number of carboxylic acid groups (broad SMARTS) is 1. The average Bonchev–Trinajstić information content (AvgIpc) is 3.63. The van der Waals surface area contributed by atoms with Gasteiger partial charge in [-0.3, -0.25) is 4.79 Å². The zero-order valence-electron chi connectivity index (χ0n) is 28.2. The molecule has 4 saturated carbocycles. The standard InChI is InChI=1S/C36H52O6.C2H6/c1-23(9-8-10-24(2)32(37)38)27-13-14-28-31-29(15-16-35(27,28)4)34(3)17-18-36(40-19-20-41-36)22-26(34)21-30(31)42-33(39)25-11-6-5-7-12-25;1-2/h5-7,11-12,23-24,26-31H,8-10,13-22H2,1-4H3,(H,37,38);1-2H3/t23-,24?,26+,27?,28?,29?,30-,31?,34?,35?;/m1./s1. The maximum Gasteiger partial charge on any atom is 0.338 e. The lowest BCUT2D eigenvalue weighted by Gasteiger charge is -2.63. The number of hydrogen-bond acceptors (Lipinski definition) is 5. The van der Waals surface area contributed by atoms with Gasteiger partial charge in [-0.05, 0) is 97.5 Å². The minimum absolute atomic E-state index is 0.0903. The van der Waals surface area contributed by atoms with Crippen molar-refractivity contribution in [3.8, 4) is 0 Å². The first-order chi connectivity index (χ1) is 21.1. The molecule has 0 amide bonds. The largest absolute Gasteiger partial charge is 0.481 e. The van der Waals surface area contributed by atoms with E-state index >= 15 is 0 Å². The summed E-state index contributed by atoms with van der Waals surface area (Å²) in [5.41, 5.74) is 1.07. The lowest BCUT2D eigenvalue weighted by molar-refractivity contribution is -0.242. The van der Waals surface area contributed by atoms with Crippen LogP contribution in [0.1, 0.15) is 123 Å². The Hall–Kier alpha value is -1.92. The van der Waals surface area contributed by atoms with Gasteiger partial charge < -0.3 is 19.3 Å². The van der Waals surface area contributed by atoms with Crippen LogP contribution in [0.4, 0.5) is 0 Å². The zero-order chi connectivity index (χ0) is 31.7. The van der Waals surface area contributed by atoms with Gasteiger partial charge in [0.25, 0.3) is 0 Å². The molecule has 4 aliphatic carbocycles. The molecule has 6 nitrogen and oxygen atoms in total. The first-order valence-corrected chi connectivity index (χ1v) is 17.8. The molecule has 1 aromatic rings. The maximum atomic E-state index is 13.5. The Labute approximate surface area is 266 Å². The highest BCUT2D eigenvalue weighted by Crippen LogP contribution is 2.69. The first kappa shape index (κ1) is 33.4. The van der Waals surface area contributed by atoms with Gasteiger partial charge in [0.05, 0.1) is 24.7 Å². The Morgan fingerprint density at radius 2 is 1.61 bits per heavy atom. The monoisotopic (exact) mass is 610 g/mol. The normalized spacial score (nSPS) is 38.3. The molecule has 5 fully saturated rings. The predicted molar refractivity (Wildman–Crippen MR) is 172 cm³/mol. The van der Waals surface area contributed by atoms with Crippen molar-refractivity contribution in [1.29, 1.82) is 0 Å². The van der Waals surface area contributed by atoms with Gasteiger partial charge in [0.2, 0.25) is 0 Å². The number of carboxylic acids is 1.